The van der Waals surface area contributed by atoms with Gasteiger partial charge in [0.05, 0.1) is 11.1 Å². The third kappa shape index (κ3) is 9.52. The maximum atomic E-state index is 14.6. The maximum absolute atomic E-state index is 14.6. The first-order valence-electron chi connectivity index (χ1n) is 20.9. The standard InChI is InChI=1S/C45H54FN7O7/c1-29-8-7-9-37(46)35(29)25-50-26-36(39(27-50)49(2)3)30-11-13-31(14-12-30)51-20-22-52(23-21-51)42(56)10-5-4-6-19-47-41(55)28-60-32-15-16-33-34(24-32)45(59)53(44(33)58)38-17-18-40(54)48-43(38)57/h7-9,11-16,24,36,38-39H,4-6,10,17-23,25-28H2,1-3H3,(H,47,55)(H,48,54,57)/t36-,38?,39+/m1/s1. The minimum Gasteiger partial charge on any atom is -0.484 e. The van der Waals surface area contributed by atoms with Crippen LogP contribution in [0.1, 0.15) is 81.8 Å². The summed E-state index contributed by atoms with van der Waals surface area (Å²) in [5.74, 6) is -2.20. The lowest BCUT2D eigenvalue weighted by atomic mass is 9.93. The summed E-state index contributed by atoms with van der Waals surface area (Å²) >= 11 is 0. The average Bonchev–Trinajstić information content (AvgIpc) is 3.77. The molecular formula is C45H54FN7O7. The van der Waals surface area contributed by atoms with Crippen LogP contribution in [-0.2, 0) is 25.7 Å². The van der Waals surface area contributed by atoms with Crippen molar-refractivity contribution in [1.82, 2.24) is 30.2 Å². The van der Waals surface area contributed by atoms with E-state index in [1.165, 1.54) is 23.8 Å². The zero-order valence-corrected chi connectivity index (χ0v) is 34.6. The van der Waals surface area contributed by atoms with Gasteiger partial charge in [-0.15, -0.1) is 0 Å². The number of aryl methyl sites for hydroxylation is 1. The number of halogens is 1. The third-order valence-electron chi connectivity index (χ3n) is 12.3. The number of amides is 6. The molecule has 60 heavy (non-hydrogen) atoms. The van der Waals surface area contributed by atoms with E-state index >= 15 is 0 Å². The molecule has 7 rings (SSSR count). The number of carbonyl (C=O) groups is 6. The maximum Gasteiger partial charge on any atom is 0.262 e. The van der Waals surface area contributed by atoms with E-state index in [0.29, 0.717) is 51.0 Å². The Morgan fingerprint density at radius 1 is 0.900 bits per heavy atom. The first kappa shape index (κ1) is 42.5. The lowest BCUT2D eigenvalue weighted by Gasteiger charge is -2.36. The van der Waals surface area contributed by atoms with Gasteiger partial charge >= 0.3 is 0 Å². The number of hydrogen-bond donors (Lipinski definition) is 2. The van der Waals surface area contributed by atoms with E-state index in [2.05, 4.69) is 63.7 Å². The van der Waals surface area contributed by atoms with Crippen molar-refractivity contribution >= 4 is 41.1 Å². The molecule has 0 radical (unpaired) electrons. The number of piperazine rings is 1. The number of fused-ring (bicyclic) bond motifs is 1. The number of rotatable bonds is 15. The summed E-state index contributed by atoms with van der Waals surface area (Å²) in [4.78, 5) is 85.0. The lowest BCUT2D eigenvalue weighted by molar-refractivity contribution is -0.136. The van der Waals surface area contributed by atoms with Gasteiger partial charge < -0.3 is 24.8 Å². The smallest absolute Gasteiger partial charge is 0.262 e. The Morgan fingerprint density at radius 3 is 2.37 bits per heavy atom. The fourth-order valence-electron chi connectivity index (χ4n) is 8.79. The molecule has 4 heterocycles. The molecule has 3 aromatic rings. The van der Waals surface area contributed by atoms with Crippen LogP contribution >= 0.6 is 0 Å². The van der Waals surface area contributed by atoms with E-state index in [1.54, 1.807) is 12.1 Å². The summed E-state index contributed by atoms with van der Waals surface area (Å²) < 4.78 is 20.2. The number of hydrogen-bond acceptors (Lipinski definition) is 10. The van der Waals surface area contributed by atoms with Crippen LogP contribution in [0.2, 0.25) is 0 Å². The van der Waals surface area contributed by atoms with Gasteiger partial charge in [0.1, 0.15) is 17.6 Å². The van der Waals surface area contributed by atoms with Gasteiger partial charge in [0.2, 0.25) is 17.7 Å². The van der Waals surface area contributed by atoms with Gasteiger partial charge in [-0.3, -0.25) is 43.9 Å². The van der Waals surface area contributed by atoms with E-state index in [1.807, 2.05) is 17.9 Å². The molecule has 0 aliphatic carbocycles. The van der Waals surface area contributed by atoms with Crippen molar-refractivity contribution in [2.45, 2.75) is 70.0 Å². The minimum absolute atomic E-state index is 0.0306. The van der Waals surface area contributed by atoms with Crippen LogP contribution < -0.4 is 20.3 Å². The highest BCUT2D eigenvalue weighted by atomic mass is 19.1. The number of piperidine rings is 1. The Bertz CT molecular complexity index is 2100. The molecule has 4 aliphatic heterocycles. The molecule has 2 N–H and O–H groups in total. The summed E-state index contributed by atoms with van der Waals surface area (Å²) in [6.07, 6.45) is 2.74. The molecule has 4 aliphatic rings. The van der Waals surface area contributed by atoms with E-state index in [9.17, 15) is 33.2 Å². The Balaban J connectivity index is 0.779. The monoisotopic (exact) mass is 823 g/mol. The average molecular weight is 824 g/mol. The molecule has 3 saturated heterocycles. The topological polar surface area (TPSA) is 152 Å². The largest absolute Gasteiger partial charge is 0.484 e. The summed E-state index contributed by atoms with van der Waals surface area (Å²) in [5.41, 5.74) is 4.39. The van der Waals surface area contributed by atoms with E-state index in [4.69, 9.17) is 4.74 Å². The van der Waals surface area contributed by atoms with Crippen LogP contribution in [0.15, 0.2) is 60.7 Å². The molecule has 14 nitrogen and oxygen atoms in total. The molecule has 15 heteroatoms. The van der Waals surface area contributed by atoms with Crippen molar-refractivity contribution < 1.29 is 37.9 Å². The van der Waals surface area contributed by atoms with E-state index in [-0.39, 0.29) is 54.0 Å². The van der Waals surface area contributed by atoms with Crippen molar-refractivity contribution in [3.8, 4) is 5.75 Å². The fourth-order valence-corrected chi connectivity index (χ4v) is 8.79. The second-order valence-corrected chi connectivity index (χ2v) is 16.4. The summed E-state index contributed by atoms with van der Waals surface area (Å²) in [5, 5.41) is 4.98. The Morgan fingerprint density at radius 2 is 1.65 bits per heavy atom. The molecule has 3 atom stereocenters. The first-order valence-corrected chi connectivity index (χ1v) is 20.9. The molecule has 3 aromatic carbocycles. The number of anilines is 1. The number of benzene rings is 3. The van der Waals surface area contributed by atoms with Gasteiger partial charge in [-0.2, -0.15) is 0 Å². The number of carbonyl (C=O) groups excluding carboxylic acids is 6. The summed E-state index contributed by atoms with van der Waals surface area (Å²) in [6, 6.07) is 17.7. The van der Waals surface area contributed by atoms with E-state index < -0.39 is 29.7 Å². The van der Waals surface area contributed by atoms with Crippen LogP contribution in [0.3, 0.4) is 0 Å². The van der Waals surface area contributed by atoms with Gasteiger partial charge in [-0.05, 0) is 87.8 Å². The summed E-state index contributed by atoms with van der Waals surface area (Å²) in [7, 11) is 4.23. The van der Waals surface area contributed by atoms with Gasteiger partial charge in [-0.25, -0.2) is 4.39 Å². The molecule has 6 amide bonds. The van der Waals surface area contributed by atoms with Crippen LogP contribution in [0, 0.1) is 12.7 Å². The van der Waals surface area contributed by atoms with Crippen molar-refractivity contribution in [2.24, 2.45) is 0 Å². The molecule has 0 spiro atoms. The highest BCUT2D eigenvalue weighted by Gasteiger charge is 2.45. The van der Waals surface area contributed by atoms with Crippen LogP contribution in [0.4, 0.5) is 10.1 Å². The molecule has 3 fully saturated rings. The fraction of sp³-hybridized carbons (Fsp3) is 0.467. The van der Waals surface area contributed by atoms with Crippen LogP contribution in [-0.4, -0.2) is 134 Å². The predicted molar refractivity (Wildman–Crippen MR) is 222 cm³/mol. The normalized spacial score (nSPS) is 20.8. The van der Waals surface area contributed by atoms with Gasteiger partial charge in [-0.1, -0.05) is 30.7 Å². The Hall–Kier alpha value is -5.67. The molecule has 0 bridgehead atoms. The zero-order chi connectivity index (χ0) is 42.5. The highest BCUT2D eigenvalue weighted by molar-refractivity contribution is 6.23. The minimum atomic E-state index is -1.06. The zero-order valence-electron chi connectivity index (χ0n) is 34.6. The molecular weight excluding hydrogens is 770 g/mol. The van der Waals surface area contributed by atoms with Crippen LogP contribution in [0.5, 0.6) is 5.75 Å². The third-order valence-corrected chi connectivity index (χ3v) is 12.3. The number of nitrogens with one attached hydrogen (secondary N) is 2. The van der Waals surface area contributed by atoms with Gasteiger partial charge in [0.25, 0.3) is 17.7 Å². The Labute approximate surface area is 350 Å². The van der Waals surface area contributed by atoms with Gasteiger partial charge in [0.15, 0.2) is 6.61 Å². The van der Waals surface area contributed by atoms with E-state index in [0.717, 1.165) is 60.7 Å². The van der Waals surface area contributed by atoms with Crippen molar-refractivity contribution in [1.29, 1.82) is 0 Å². The quantitative estimate of drug-likeness (QED) is 0.172. The molecule has 1 unspecified atom stereocenters. The summed E-state index contributed by atoms with van der Waals surface area (Å²) in [6.45, 7) is 7.31. The molecule has 0 aromatic heterocycles. The Kier molecular flexibility index (Phi) is 13.2. The number of nitrogens with zero attached hydrogens (tertiary/aromatic N) is 5. The predicted octanol–water partition coefficient (Wildman–Crippen LogP) is 3.47. The SMILES string of the molecule is Cc1cccc(F)c1CN1C[C@H](c2ccc(N3CCN(C(=O)CCCCCNC(=O)COc4ccc5c(c4)C(=O)N(C4CCC(=O)NC4=O)C5=O)CC3)cc2)[C@@H](N(C)C)C1. The highest BCUT2D eigenvalue weighted by Crippen LogP contribution is 2.34. The number of likely N-dealkylation sites (N-methyl/N-ethyl adjacent to an activating group) is 1. The first-order chi connectivity index (χ1) is 28.9. The number of imide groups is 2. The number of likely N-dealkylation sites (tertiary alicyclic amines) is 1. The number of ether oxygens (including phenoxy) is 1. The lowest BCUT2D eigenvalue weighted by Crippen LogP contribution is -2.54. The van der Waals surface area contributed by atoms with Crippen molar-refractivity contribution in [3.63, 3.8) is 0 Å². The number of unbranched alkanes of at least 4 members (excludes halogenated alkanes) is 2. The van der Waals surface area contributed by atoms with Crippen molar-refractivity contribution in [3.05, 3.63) is 94.3 Å². The van der Waals surface area contributed by atoms with Crippen molar-refractivity contribution in [2.75, 3.05) is 71.4 Å². The van der Waals surface area contributed by atoms with Crippen LogP contribution in [0.25, 0.3) is 0 Å². The molecule has 318 valence electrons. The second kappa shape index (κ2) is 18.7. The molecule has 0 saturated carbocycles. The van der Waals surface area contributed by atoms with Gasteiger partial charge in [0, 0.05) is 88.4 Å². The second-order valence-electron chi connectivity index (χ2n) is 16.4.